The summed E-state index contributed by atoms with van der Waals surface area (Å²) in [5.74, 6) is 6.55. The summed E-state index contributed by atoms with van der Waals surface area (Å²) in [5, 5.41) is 0. The van der Waals surface area contributed by atoms with E-state index in [-0.39, 0.29) is 0 Å². The first-order valence-electron chi connectivity index (χ1n) is 7.05. The molecule has 2 aromatic rings. The fourth-order valence-corrected chi connectivity index (χ4v) is 2.09. The molecule has 0 aliphatic carbocycles. The molecule has 19 heavy (non-hydrogen) atoms. The predicted molar refractivity (Wildman–Crippen MR) is 82.1 cm³/mol. The molecular formula is C19H20. The van der Waals surface area contributed by atoms with Crippen LogP contribution < -0.4 is 0 Å². The highest BCUT2D eigenvalue weighted by Gasteiger charge is 1.98. The third-order valence-electron chi connectivity index (χ3n) is 3.18. The summed E-state index contributed by atoms with van der Waals surface area (Å²) < 4.78 is 0. The zero-order chi connectivity index (χ0) is 13.3. The first-order chi connectivity index (χ1) is 9.40. The molecule has 0 heterocycles. The number of benzene rings is 2. The van der Waals surface area contributed by atoms with Crippen LogP contribution in [0.1, 0.15) is 42.9 Å². The molecule has 0 aromatic heterocycles. The molecule has 0 fully saturated rings. The highest BCUT2D eigenvalue weighted by atomic mass is 14.0. The van der Waals surface area contributed by atoms with Crippen molar-refractivity contribution in [3.63, 3.8) is 0 Å². The Balaban J connectivity index is 2.14. The smallest absolute Gasteiger partial charge is 0.0281 e. The first-order valence-corrected chi connectivity index (χ1v) is 7.05. The maximum atomic E-state index is 3.31. The van der Waals surface area contributed by atoms with Gasteiger partial charge in [0.1, 0.15) is 0 Å². The van der Waals surface area contributed by atoms with Crippen LogP contribution in [0.3, 0.4) is 0 Å². The molecule has 0 aliphatic heterocycles. The third-order valence-corrected chi connectivity index (χ3v) is 3.18. The number of rotatable bonds is 4. The largest absolute Gasteiger partial charge is 0.0654 e. The molecule has 0 N–H and O–H groups in total. The van der Waals surface area contributed by atoms with Crippen LogP contribution in [-0.2, 0) is 6.42 Å². The van der Waals surface area contributed by atoms with Gasteiger partial charge in [0.15, 0.2) is 0 Å². The van der Waals surface area contributed by atoms with Crippen LogP contribution in [0.15, 0.2) is 54.6 Å². The van der Waals surface area contributed by atoms with Crippen LogP contribution in [0.4, 0.5) is 0 Å². The highest BCUT2D eigenvalue weighted by molar-refractivity contribution is 5.46. The van der Waals surface area contributed by atoms with E-state index < -0.39 is 0 Å². The topological polar surface area (TPSA) is 0 Å². The van der Waals surface area contributed by atoms with E-state index in [9.17, 15) is 0 Å². The van der Waals surface area contributed by atoms with Crippen molar-refractivity contribution in [1.29, 1.82) is 0 Å². The van der Waals surface area contributed by atoms with Gasteiger partial charge in [0.2, 0.25) is 0 Å². The van der Waals surface area contributed by atoms with E-state index in [1.54, 1.807) is 0 Å². The van der Waals surface area contributed by atoms with Gasteiger partial charge in [0, 0.05) is 11.1 Å². The minimum atomic E-state index is 1.07. The maximum absolute atomic E-state index is 3.31. The fraction of sp³-hybridized carbons (Fsp3) is 0.263. The lowest BCUT2D eigenvalue weighted by Gasteiger charge is -2.03. The molecule has 96 valence electrons. The van der Waals surface area contributed by atoms with Gasteiger partial charge in [-0.15, -0.1) is 0 Å². The van der Waals surface area contributed by atoms with Crippen LogP contribution in [0, 0.1) is 11.8 Å². The lowest BCUT2D eigenvalue weighted by atomic mass is 10.0. The minimum absolute atomic E-state index is 1.07. The van der Waals surface area contributed by atoms with Gasteiger partial charge in [-0.2, -0.15) is 0 Å². The standard InChI is InChI=1S/C19H20/c1-2-3-5-12-18-13-8-9-14-19(18)16-15-17-10-6-4-7-11-17/h4,6-11,13-14H,2-3,5,12H2,1H3. The Kier molecular flexibility index (Phi) is 5.26. The maximum Gasteiger partial charge on any atom is 0.0281 e. The van der Waals surface area contributed by atoms with Crippen LogP contribution in [0.5, 0.6) is 0 Å². The van der Waals surface area contributed by atoms with Gasteiger partial charge in [0.25, 0.3) is 0 Å². The van der Waals surface area contributed by atoms with Gasteiger partial charge < -0.3 is 0 Å². The molecular weight excluding hydrogens is 228 g/mol. The summed E-state index contributed by atoms with van der Waals surface area (Å²) in [4.78, 5) is 0. The molecule has 0 radical (unpaired) electrons. The zero-order valence-corrected chi connectivity index (χ0v) is 11.5. The van der Waals surface area contributed by atoms with Crippen LogP contribution in [0.25, 0.3) is 0 Å². The average Bonchev–Trinajstić information content (AvgIpc) is 2.48. The van der Waals surface area contributed by atoms with E-state index in [0.29, 0.717) is 0 Å². The molecule has 2 rings (SSSR count). The molecule has 0 atom stereocenters. The molecule has 0 heteroatoms. The second-order valence-corrected chi connectivity index (χ2v) is 4.73. The SMILES string of the molecule is CCCCCc1ccccc1C#Cc1ccccc1. The van der Waals surface area contributed by atoms with E-state index in [1.807, 2.05) is 30.3 Å². The fourth-order valence-electron chi connectivity index (χ4n) is 2.09. The monoisotopic (exact) mass is 248 g/mol. The Morgan fingerprint density at radius 2 is 1.53 bits per heavy atom. The first kappa shape index (κ1) is 13.4. The predicted octanol–water partition coefficient (Wildman–Crippen LogP) is 4.82. The van der Waals surface area contributed by atoms with Crippen molar-refractivity contribution >= 4 is 0 Å². The Morgan fingerprint density at radius 3 is 2.32 bits per heavy atom. The summed E-state index contributed by atoms with van der Waals surface area (Å²) in [5.41, 5.74) is 3.62. The number of aryl methyl sites for hydroxylation is 1. The van der Waals surface area contributed by atoms with Gasteiger partial charge >= 0.3 is 0 Å². The van der Waals surface area contributed by atoms with Crippen molar-refractivity contribution in [2.24, 2.45) is 0 Å². The Morgan fingerprint density at radius 1 is 0.789 bits per heavy atom. The molecule has 0 spiro atoms. The van der Waals surface area contributed by atoms with Crippen molar-refractivity contribution in [2.75, 3.05) is 0 Å². The minimum Gasteiger partial charge on any atom is -0.0654 e. The molecule has 2 aromatic carbocycles. The molecule has 0 aliphatic rings. The van der Waals surface area contributed by atoms with E-state index in [1.165, 1.54) is 30.4 Å². The van der Waals surface area contributed by atoms with Gasteiger partial charge in [0.05, 0.1) is 0 Å². The molecule has 0 unspecified atom stereocenters. The average molecular weight is 248 g/mol. The van der Waals surface area contributed by atoms with Crippen LogP contribution in [-0.4, -0.2) is 0 Å². The number of unbranched alkanes of at least 4 members (excludes halogenated alkanes) is 2. The normalized spacial score (nSPS) is 9.74. The van der Waals surface area contributed by atoms with E-state index in [2.05, 4.69) is 43.0 Å². The summed E-state index contributed by atoms with van der Waals surface area (Å²) in [6, 6.07) is 18.7. The van der Waals surface area contributed by atoms with Gasteiger partial charge in [-0.3, -0.25) is 0 Å². The summed E-state index contributed by atoms with van der Waals surface area (Å²) >= 11 is 0. The summed E-state index contributed by atoms with van der Waals surface area (Å²) in [7, 11) is 0. The second-order valence-electron chi connectivity index (χ2n) is 4.73. The highest BCUT2D eigenvalue weighted by Crippen LogP contribution is 2.12. The Hall–Kier alpha value is -2.00. The van der Waals surface area contributed by atoms with Crippen molar-refractivity contribution < 1.29 is 0 Å². The lowest BCUT2D eigenvalue weighted by Crippen LogP contribution is -1.90. The Labute approximate surface area is 116 Å². The van der Waals surface area contributed by atoms with E-state index in [4.69, 9.17) is 0 Å². The molecule has 0 saturated carbocycles. The third kappa shape index (κ3) is 4.30. The zero-order valence-electron chi connectivity index (χ0n) is 11.5. The number of hydrogen-bond donors (Lipinski definition) is 0. The van der Waals surface area contributed by atoms with Crippen molar-refractivity contribution in [1.82, 2.24) is 0 Å². The van der Waals surface area contributed by atoms with Crippen molar-refractivity contribution in [3.8, 4) is 11.8 Å². The van der Waals surface area contributed by atoms with Crippen LogP contribution >= 0.6 is 0 Å². The summed E-state index contributed by atoms with van der Waals surface area (Å²) in [6.45, 7) is 2.24. The molecule has 0 bridgehead atoms. The number of hydrogen-bond acceptors (Lipinski definition) is 0. The lowest BCUT2D eigenvalue weighted by molar-refractivity contribution is 0.717. The van der Waals surface area contributed by atoms with Crippen LogP contribution in [0.2, 0.25) is 0 Å². The molecule has 0 saturated heterocycles. The van der Waals surface area contributed by atoms with Gasteiger partial charge in [-0.1, -0.05) is 68.0 Å². The second kappa shape index (κ2) is 7.44. The van der Waals surface area contributed by atoms with E-state index >= 15 is 0 Å². The Bertz CT molecular complexity index is 555. The van der Waals surface area contributed by atoms with Crippen molar-refractivity contribution in [3.05, 3.63) is 71.3 Å². The van der Waals surface area contributed by atoms with E-state index in [0.717, 1.165) is 12.0 Å². The quantitative estimate of drug-likeness (QED) is 0.537. The summed E-state index contributed by atoms with van der Waals surface area (Å²) in [6.07, 6.45) is 4.94. The molecule has 0 nitrogen and oxygen atoms in total. The molecule has 0 amide bonds. The van der Waals surface area contributed by atoms with Gasteiger partial charge in [-0.25, -0.2) is 0 Å². The van der Waals surface area contributed by atoms with Gasteiger partial charge in [-0.05, 0) is 36.6 Å². The van der Waals surface area contributed by atoms with Crippen molar-refractivity contribution in [2.45, 2.75) is 32.6 Å².